The molecule has 0 spiro atoms. The average Bonchev–Trinajstić information content (AvgIpc) is 2.96. The summed E-state index contributed by atoms with van der Waals surface area (Å²) >= 11 is 0. The van der Waals surface area contributed by atoms with E-state index < -0.39 is 0 Å². The van der Waals surface area contributed by atoms with Gasteiger partial charge in [0, 0.05) is 0 Å². The van der Waals surface area contributed by atoms with E-state index in [9.17, 15) is 4.79 Å². The molecule has 2 aromatic rings. The third kappa shape index (κ3) is 2.09. The van der Waals surface area contributed by atoms with E-state index in [1.54, 1.807) is 12.1 Å². The quantitative estimate of drug-likeness (QED) is 0.793. The van der Waals surface area contributed by atoms with Crippen LogP contribution in [0.1, 0.15) is 22.0 Å². The van der Waals surface area contributed by atoms with Gasteiger partial charge in [-0.25, -0.2) is 4.98 Å². The summed E-state index contributed by atoms with van der Waals surface area (Å²) in [7, 11) is 0. The molecular weight excluding hydrogens is 208 g/mol. The van der Waals surface area contributed by atoms with Crippen molar-refractivity contribution >= 4 is 5.91 Å². The Hall–Kier alpha value is -2.55. The number of carbonyl (C=O) groups is 1. The zero-order valence-corrected chi connectivity index (χ0v) is 8.23. The van der Waals surface area contributed by atoms with Crippen LogP contribution in [0.4, 0.5) is 0 Å². The summed E-state index contributed by atoms with van der Waals surface area (Å²) in [4.78, 5) is 17.9. The van der Waals surface area contributed by atoms with Crippen LogP contribution >= 0.6 is 0 Å². The van der Waals surface area contributed by atoms with Crippen molar-refractivity contribution in [2.75, 3.05) is 0 Å². The molecular formula is C10H8N4O2. The van der Waals surface area contributed by atoms with Crippen molar-refractivity contribution in [2.24, 2.45) is 0 Å². The summed E-state index contributed by atoms with van der Waals surface area (Å²) in [6.07, 6.45) is 2.85. The van der Waals surface area contributed by atoms with Crippen molar-refractivity contribution in [1.82, 2.24) is 15.3 Å². The number of carbonyl (C=O) groups excluding carboxylic acids is 1. The maximum absolute atomic E-state index is 11.5. The van der Waals surface area contributed by atoms with Crippen LogP contribution < -0.4 is 5.32 Å². The maximum Gasteiger partial charge on any atom is 0.269 e. The topological polar surface area (TPSA) is 94.7 Å². The summed E-state index contributed by atoms with van der Waals surface area (Å²) in [6.45, 7) is 0.236. The molecule has 0 radical (unpaired) electrons. The van der Waals surface area contributed by atoms with Gasteiger partial charge in [0.1, 0.15) is 17.5 Å². The number of imidazole rings is 1. The highest BCUT2D eigenvalue weighted by Crippen LogP contribution is 2.06. The molecule has 0 aliphatic rings. The van der Waals surface area contributed by atoms with Gasteiger partial charge in [0.25, 0.3) is 5.91 Å². The molecule has 0 saturated carbocycles. The Labute approximate surface area is 90.9 Å². The second-order valence-electron chi connectivity index (χ2n) is 3.03. The molecule has 0 aliphatic carbocycles. The van der Waals surface area contributed by atoms with Gasteiger partial charge in [-0.1, -0.05) is 0 Å². The van der Waals surface area contributed by atoms with Crippen LogP contribution in [0.15, 0.2) is 29.1 Å². The molecule has 6 heteroatoms. The largest absolute Gasteiger partial charge is 0.449 e. The van der Waals surface area contributed by atoms with Gasteiger partial charge in [0.05, 0.1) is 19.1 Å². The lowest BCUT2D eigenvalue weighted by atomic mass is 10.4. The van der Waals surface area contributed by atoms with E-state index in [1.807, 2.05) is 6.07 Å². The number of furan rings is 1. The van der Waals surface area contributed by atoms with Gasteiger partial charge in [0.2, 0.25) is 5.76 Å². The highest BCUT2D eigenvalue weighted by Gasteiger charge is 2.07. The smallest absolute Gasteiger partial charge is 0.269 e. The molecule has 16 heavy (non-hydrogen) atoms. The molecule has 2 heterocycles. The molecule has 6 nitrogen and oxygen atoms in total. The van der Waals surface area contributed by atoms with Crippen LogP contribution in [0.3, 0.4) is 0 Å². The number of H-pyrrole nitrogens is 1. The Morgan fingerprint density at radius 1 is 1.62 bits per heavy atom. The fourth-order valence-corrected chi connectivity index (χ4v) is 1.18. The number of nitriles is 1. The number of nitrogens with one attached hydrogen (secondary N) is 2. The lowest BCUT2D eigenvalue weighted by molar-refractivity contribution is 0.0943. The van der Waals surface area contributed by atoms with Crippen molar-refractivity contribution in [3.05, 3.63) is 41.9 Å². The minimum atomic E-state index is -0.271. The molecule has 0 fully saturated rings. The van der Waals surface area contributed by atoms with Crippen LogP contribution in [0.25, 0.3) is 0 Å². The summed E-state index contributed by atoms with van der Waals surface area (Å²) in [5.41, 5.74) is 0.382. The van der Waals surface area contributed by atoms with Gasteiger partial charge in [0.15, 0.2) is 0 Å². The highest BCUT2D eigenvalue weighted by atomic mass is 16.3. The SMILES string of the molecule is N#Cc1ccc(CNC(=O)c2cnc[nH]2)o1. The Balaban J connectivity index is 1.93. The minimum absolute atomic E-state index is 0.228. The number of aromatic amines is 1. The van der Waals surface area contributed by atoms with Crippen molar-refractivity contribution in [2.45, 2.75) is 6.54 Å². The van der Waals surface area contributed by atoms with Crippen LogP contribution in [-0.2, 0) is 6.54 Å². The molecule has 0 saturated heterocycles. The fraction of sp³-hybridized carbons (Fsp3) is 0.100. The number of hydrogen-bond donors (Lipinski definition) is 2. The van der Waals surface area contributed by atoms with E-state index in [0.717, 1.165) is 0 Å². The zero-order chi connectivity index (χ0) is 11.4. The predicted molar refractivity (Wildman–Crippen MR) is 53.2 cm³/mol. The van der Waals surface area contributed by atoms with E-state index >= 15 is 0 Å². The fourth-order valence-electron chi connectivity index (χ4n) is 1.18. The predicted octanol–water partition coefficient (Wildman–Crippen LogP) is 0.804. The second kappa shape index (κ2) is 4.31. The van der Waals surface area contributed by atoms with Crippen molar-refractivity contribution in [1.29, 1.82) is 5.26 Å². The Kier molecular flexibility index (Phi) is 2.69. The van der Waals surface area contributed by atoms with Crippen LogP contribution in [0, 0.1) is 11.3 Å². The van der Waals surface area contributed by atoms with Gasteiger partial charge in [-0.15, -0.1) is 0 Å². The van der Waals surface area contributed by atoms with Crippen molar-refractivity contribution in [3.8, 4) is 6.07 Å². The first-order valence-electron chi connectivity index (χ1n) is 4.55. The average molecular weight is 216 g/mol. The zero-order valence-electron chi connectivity index (χ0n) is 8.23. The summed E-state index contributed by atoms with van der Waals surface area (Å²) in [6, 6.07) is 5.06. The van der Waals surface area contributed by atoms with Gasteiger partial charge in [-0.05, 0) is 12.1 Å². The van der Waals surface area contributed by atoms with Gasteiger partial charge < -0.3 is 14.7 Å². The summed E-state index contributed by atoms with van der Waals surface area (Å²) in [5, 5.41) is 11.2. The monoisotopic (exact) mass is 216 g/mol. The number of rotatable bonds is 3. The first-order valence-corrected chi connectivity index (χ1v) is 4.55. The summed E-state index contributed by atoms with van der Waals surface area (Å²) < 4.78 is 5.10. The molecule has 0 bridgehead atoms. The molecule has 0 atom stereocenters. The van der Waals surface area contributed by atoms with Gasteiger partial charge in [-0.3, -0.25) is 4.79 Å². The summed E-state index contributed by atoms with van der Waals surface area (Å²) in [5.74, 6) is 0.489. The van der Waals surface area contributed by atoms with E-state index in [2.05, 4.69) is 15.3 Å². The first-order chi connectivity index (χ1) is 7.79. The number of nitrogens with zero attached hydrogens (tertiary/aromatic N) is 2. The lowest BCUT2D eigenvalue weighted by Gasteiger charge is -1.99. The first kappa shape index (κ1) is 9.98. The van der Waals surface area contributed by atoms with E-state index in [4.69, 9.17) is 9.68 Å². The normalized spacial score (nSPS) is 9.69. The van der Waals surface area contributed by atoms with E-state index in [0.29, 0.717) is 11.5 Å². The number of amides is 1. The maximum atomic E-state index is 11.5. The molecule has 80 valence electrons. The number of hydrogen-bond acceptors (Lipinski definition) is 4. The molecule has 2 aromatic heterocycles. The molecule has 0 unspecified atom stereocenters. The highest BCUT2D eigenvalue weighted by molar-refractivity contribution is 5.91. The second-order valence-corrected chi connectivity index (χ2v) is 3.03. The van der Waals surface area contributed by atoms with Crippen molar-refractivity contribution < 1.29 is 9.21 Å². The minimum Gasteiger partial charge on any atom is -0.449 e. The van der Waals surface area contributed by atoms with Crippen molar-refractivity contribution in [3.63, 3.8) is 0 Å². The number of aromatic nitrogens is 2. The third-order valence-corrected chi connectivity index (χ3v) is 1.94. The molecule has 0 aliphatic heterocycles. The van der Waals surface area contributed by atoms with Gasteiger partial charge in [-0.2, -0.15) is 5.26 Å². The lowest BCUT2D eigenvalue weighted by Crippen LogP contribution is -2.22. The molecule has 1 amide bonds. The van der Waals surface area contributed by atoms with E-state index in [1.165, 1.54) is 12.5 Å². The Morgan fingerprint density at radius 3 is 3.12 bits per heavy atom. The Morgan fingerprint density at radius 2 is 2.50 bits per heavy atom. The van der Waals surface area contributed by atoms with E-state index in [-0.39, 0.29) is 18.2 Å². The standard InChI is InChI=1S/C10H8N4O2/c11-3-7-1-2-8(16-7)4-13-10(15)9-5-12-6-14-9/h1-2,5-6H,4H2,(H,12,14)(H,13,15). The molecule has 2 N–H and O–H groups in total. The third-order valence-electron chi connectivity index (χ3n) is 1.94. The van der Waals surface area contributed by atoms with Crippen LogP contribution in [-0.4, -0.2) is 15.9 Å². The van der Waals surface area contributed by atoms with Crippen LogP contribution in [0.5, 0.6) is 0 Å². The van der Waals surface area contributed by atoms with Gasteiger partial charge >= 0.3 is 0 Å². The molecule has 2 rings (SSSR count). The Bertz CT molecular complexity index is 521. The van der Waals surface area contributed by atoms with Crippen LogP contribution in [0.2, 0.25) is 0 Å². The molecule has 0 aromatic carbocycles.